The van der Waals surface area contributed by atoms with Crippen molar-refractivity contribution >= 4 is 11.8 Å². The van der Waals surface area contributed by atoms with Gasteiger partial charge < -0.3 is 14.6 Å². The standard InChI is InChI=1S/C14H26N2OS/c1-5-6-15-10-14-9-13(12(2)17-14)11-16(3)7-8-18-4/h9,15H,5-8,10-11H2,1-4H3. The van der Waals surface area contributed by atoms with Gasteiger partial charge in [-0.15, -0.1) is 0 Å². The topological polar surface area (TPSA) is 28.4 Å². The summed E-state index contributed by atoms with van der Waals surface area (Å²) in [4.78, 5) is 2.34. The molecule has 0 fully saturated rings. The average molecular weight is 270 g/mol. The predicted molar refractivity (Wildman–Crippen MR) is 80.2 cm³/mol. The summed E-state index contributed by atoms with van der Waals surface area (Å²) in [6, 6.07) is 2.19. The molecule has 0 unspecified atom stereocenters. The Balaban J connectivity index is 2.45. The van der Waals surface area contributed by atoms with Crippen molar-refractivity contribution in [1.29, 1.82) is 0 Å². The van der Waals surface area contributed by atoms with Gasteiger partial charge in [0.1, 0.15) is 11.5 Å². The maximum absolute atomic E-state index is 5.77. The largest absolute Gasteiger partial charge is 0.465 e. The molecule has 3 nitrogen and oxygen atoms in total. The van der Waals surface area contributed by atoms with E-state index < -0.39 is 0 Å². The van der Waals surface area contributed by atoms with Gasteiger partial charge in [0.15, 0.2) is 0 Å². The molecule has 104 valence electrons. The maximum Gasteiger partial charge on any atom is 0.118 e. The van der Waals surface area contributed by atoms with Crippen LogP contribution in [0.2, 0.25) is 0 Å². The van der Waals surface area contributed by atoms with E-state index in [0.29, 0.717) is 0 Å². The molecule has 0 saturated carbocycles. The number of thioether (sulfide) groups is 1. The quantitative estimate of drug-likeness (QED) is 0.699. The van der Waals surface area contributed by atoms with E-state index in [1.165, 1.54) is 11.3 Å². The molecule has 1 aromatic rings. The number of hydrogen-bond acceptors (Lipinski definition) is 4. The van der Waals surface area contributed by atoms with Crippen molar-refractivity contribution < 1.29 is 4.42 Å². The molecule has 0 atom stereocenters. The van der Waals surface area contributed by atoms with Crippen molar-refractivity contribution in [3.63, 3.8) is 0 Å². The van der Waals surface area contributed by atoms with Crippen molar-refractivity contribution in [3.8, 4) is 0 Å². The van der Waals surface area contributed by atoms with Gasteiger partial charge in [0.2, 0.25) is 0 Å². The molecule has 0 bridgehead atoms. The molecule has 1 rings (SSSR count). The molecule has 0 aromatic carbocycles. The Bertz CT molecular complexity index is 339. The van der Waals surface area contributed by atoms with E-state index in [9.17, 15) is 0 Å². The summed E-state index contributed by atoms with van der Waals surface area (Å²) in [5, 5.41) is 3.37. The summed E-state index contributed by atoms with van der Waals surface area (Å²) in [6.07, 6.45) is 3.30. The zero-order valence-corrected chi connectivity index (χ0v) is 12.9. The van der Waals surface area contributed by atoms with Crippen LogP contribution in [0, 0.1) is 6.92 Å². The molecule has 0 spiro atoms. The van der Waals surface area contributed by atoms with Gasteiger partial charge in [0, 0.05) is 24.4 Å². The minimum absolute atomic E-state index is 0.837. The fourth-order valence-electron chi connectivity index (χ4n) is 1.84. The summed E-state index contributed by atoms with van der Waals surface area (Å²) >= 11 is 1.89. The van der Waals surface area contributed by atoms with E-state index in [-0.39, 0.29) is 0 Å². The molecule has 1 heterocycles. The highest BCUT2D eigenvalue weighted by atomic mass is 32.2. The smallest absolute Gasteiger partial charge is 0.118 e. The number of hydrogen-bond donors (Lipinski definition) is 1. The third kappa shape index (κ3) is 5.46. The third-order valence-corrected chi connectivity index (χ3v) is 3.51. The van der Waals surface area contributed by atoms with E-state index in [4.69, 9.17) is 4.42 Å². The lowest BCUT2D eigenvalue weighted by atomic mass is 10.2. The summed E-state index contributed by atoms with van der Waals surface area (Å²) in [6.45, 7) is 8.21. The zero-order valence-electron chi connectivity index (χ0n) is 12.1. The molecule has 0 amide bonds. The van der Waals surface area contributed by atoms with Crippen molar-refractivity contribution in [1.82, 2.24) is 10.2 Å². The first-order chi connectivity index (χ1) is 8.67. The van der Waals surface area contributed by atoms with E-state index in [2.05, 4.69) is 43.4 Å². The normalized spacial score (nSPS) is 11.4. The Morgan fingerprint density at radius 3 is 2.89 bits per heavy atom. The minimum Gasteiger partial charge on any atom is -0.465 e. The van der Waals surface area contributed by atoms with Crippen LogP contribution in [0.25, 0.3) is 0 Å². The molecular formula is C14H26N2OS. The Kier molecular flexibility index (Phi) is 7.47. The van der Waals surface area contributed by atoms with E-state index in [1.807, 2.05) is 11.8 Å². The monoisotopic (exact) mass is 270 g/mol. The van der Waals surface area contributed by atoms with Crippen molar-refractivity contribution in [2.24, 2.45) is 0 Å². The number of nitrogens with one attached hydrogen (secondary N) is 1. The zero-order chi connectivity index (χ0) is 13.4. The van der Waals surface area contributed by atoms with Crippen LogP contribution in [0.4, 0.5) is 0 Å². The van der Waals surface area contributed by atoms with Crippen molar-refractivity contribution in [2.75, 3.05) is 32.1 Å². The highest BCUT2D eigenvalue weighted by molar-refractivity contribution is 7.98. The Morgan fingerprint density at radius 1 is 1.44 bits per heavy atom. The Labute approximate surface area is 115 Å². The summed E-state index contributed by atoms with van der Waals surface area (Å²) in [5.74, 6) is 3.28. The number of nitrogens with zero attached hydrogens (tertiary/aromatic N) is 1. The number of furan rings is 1. The van der Waals surface area contributed by atoms with E-state index in [0.717, 1.165) is 44.1 Å². The lowest BCUT2D eigenvalue weighted by Gasteiger charge is -2.14. The minimum atomic E-state index is 0.837. The average Bonchev–Trinajstić information content (AvgIpc) is 2.68. The van der Waals surface area contributed by atoms with Crippen LogP contribution in [0.15, 0.2) is 10.5 Å². The molecular weight excluding hydrogens is 244 g/mol. The van der Waals surface area contributed by atoms with Gasteiger partial charge in [-0.25, -0.2) is 0 Å². The van der Waals surface area contributed by atoms with Gasteiger partial charge in [-0.05, 0) is 39.3 Å². The second-order valence-electron chi connectivity index (χ2n) is 4.70. The van der Waals surface area contributed by atoms with E-state index in [1.54, 1.807) is 0 Å². The van der Waals surface area contributed by atoms with Crippen LogP contribution in [-0.4, -0.2) is 37.0 Å². The van der Waals surface area contributed by atoms with Gasteiger partial charge >= 0.3 is 0 Å². The van der Waals surface area contributed by atoms with Gasteiger partial charge in [-0.3, -0.25) is 0 Å². The lowest BCUT2D eigenvalue weighted by molar-refractivity contribution is 0.345. The predicted octanol–water partition coefficient (Wildman–Crippen LogP) is 2.88. The first kappa shape index (κ1) is 15.6. The molecule has 0 saturated heterocycles. The van der Waals surface area contributed by atoms with Gasteiger partial charge in [0.05, 0.1) is 6.54 Å². The fraction of sp³-hybridized carbons (Fsp3) is 0.714. The second-order valence-corrected chi connectivity index (χ2v) is 5.69. The number of aryl methyl sites for hydroxylation is 1. The number of rotatable bonds is 9. The Hall–Kier alpha value is -0.450. The van der Waals surface area contributed by atoms with Gasteiger partial charge in [0.25, 0.3) is 0 Å². The highest BCUT2D eigenvalue weighted by Gasteiger charge is 2.09. The summed E-state index contributed by atoms with van der Waals surface area (Å²) in [5.41, 5.74) is 1.31. The van der Waals surface area contributed by atoms with Gasteiger partial charge in [-0.2, -0.15) is 11.8 Å². The van der Waals surface area contributed by atoms with Crippen molar-refractivity contribution in [2.45, 2.75) is 33.4 Å². The first-order valence-corrected chi connectivity index (χ1v) is 8.03. The van der Waals surface area contributed by atoms with Crippen LogP contribution in [0.1, 0.15) is 30.4 Å². The first-order valence-electron chi connectivity index (χ1n) is 6.63. The fourth-order valence-corrected chi connectivity index (χ4v) is 2.33. The molecule has 4 heteroatoms. The van der Waals surface area contributed by atoms with E-state index >= 15 is 0 Å². The summed E-state index contributed by atoms with van der Waals surface area (Å²) in [7, 11) is 2.16. The molecule has 1 aromatic heterocycles. The van der Waals surface area contributed by atoms with Crippen LogP contribution < -0.4 is 5.32 Å². The van der Waals surface area contributed by atoms with Gasteiger partial charge in [-0.1, -0.05) is 6.92 Å². The third-order valence-electron chi connectivity index (χ3n) is 2.92. The molecule has 0 aliphatic carbocycles. The van der Waals surface area contributed by atoms with Crippen LogP contribution in [0.3, 0.4) is 0 Å². The lowest BCUT2D eigenvalue weighted by Crippen LogP contribution is -2.20. The molecule has 1 N–H and O–H groups in total. The molecule has 18 heavy (non-hydrogen) atoms. The van der Waals surface area contributed by atoms with Crippen molar-refractivity contribution in [3.05, 3.63) is 23.2 Å². The summed E-state index contributed by atoms with van der Waals surface area (Å²) < 4.78 is 5.77. The van der Waals surface area contributed by atoms with Crippen LogP contribution in [-0.2, 0) is 13.1 Å². The highest BCUT2D eigenvalue weighted by Crippen LogP contribution is 2.16. The Morgan fingerprint density at radius 2 is 2.22 bits per heavy atom. The SMILES string of the molecule is CCCNCc1cc(CN(C)CCSC)c(C)o1. The second kappa shape index (κ2) is 8.62. The molecule has 0 radical (unpaired) electrons. The van der Waals surface area contributed by atoms with Crippen LogP contribution in [0.5, 0.6) is 0 Å². The molecule has 0 aliphatic rings. The molecule has 0 aliphatic heterocycles. The maximum atomic E-state index is 5.77. The van der Waals surface area contributed by atoms with Crippen LogP contribution >= 0.6 is 11.8 Å².